The molecule has 4 aromatic rings. The van der Waals surface area contributed by atoms with E-state index in [1.807, 2.05) is 41.5 Å². The van der Waals surface area contributed by atoms with Gasteiger partial charge in [0.2, 0.25) is 0 Å². The number of aromatic nitrogens is 4. The van der Waals surface area contributed by atoms with Crippen LogP contribution in [0.4, 0.5) is 21.0 Å². The Hall–Kier alpha value is -3.19. The number of fused-ring (bicyclic) bond motifs is 2. The standard InChI is InChI=1S/C32H50N8O8S2Si2/c1-7-43-51(44-8-2,45-9-3)19-17-35-29(41)39-27-15-13-23(33)21-25(27)37-31(39)49-50-32-38-26-22-24(34)14-16-28(26)40(32)30(42)36-18-20-52(46-10-4,47-11-5)48-12-6/h13-16,21-22H,7-12,17-20,33-34H2,1-6H3,(H,35,41)(H,36,42). The molecule has 2 aromatic carbocycles. The van der Waals surface area contributed by atoms with Crippen molar-refractivity contribution in [2.75, 3.05) is 64.2 Å². The zero-order valence-electron chi connectivity index (χ0n) is 30.6. The molecule has 0 radical (unpaired) electrons. The van der Waals surface area contributed by atoms with Crippen LogP contribution in [-0.4, -0.2) is 102 Å². The SMILES string of the molecule is CCO[Si](CCNC(=O)n1c(SSc2nc3cc(N)ccc3n2C(=O)NCC[Si](OCC)(OCC)OCC)nc2cc(N)ccc21)(OCC)OCC. The summed E-state index contributed by atoms with van der Waals surface area (Å²) in [5, 5.41) is 6.66. The third-order valence-corrected chi connectivity index (χ3v) is 15.7. The minimum Gasteiger partial charge on any atom is -0.399 e. The van der Waals surface area contributed by atoms with Gasteiger partial charge in [0.15, 0.2) is 10.3 Å². The van der Waals surface area contributed by atoms with E-state index < -0.39 is 29.7 Å². The fourth-order valence-corrected chi connectivity index (χ4v) is 12.5. The largest absolute Gasteiger partial charge is 0.502 e. The Bertz CT molecular complexity index is 1630. The highest BCUT2D eigenvalue weighted by atomic mass is 33.1. The molecule has 52 heavy (non-hydrogen) atoms. The molecule has 4 rings (SSSR count). The van der Waals surface area contributed by atoms with E-state index in [1.165, 1.54) is 30.7 Å². The molecule has 2 aromatic heterocycles. The van der Waals surface area contributed by atoms with Gasteiger partial charge in [0, 0.05) is 76.2 Å². The second kappa shape index (κ2) is 19.8. The molecule has 0 saturated carbocycles. The number of nitrogens with one attached hydrogen (secondary N) is 2. The molecule has 2 amide bonds. The lowest BCUT2D eigenvalue weighted by atomic mass is 10.3. The summed E-state index contributed by atoms with van der Waals surface area (Å²) in [6.07, 6.45) is 0. The minimum absolute atomic E-state index is 0.244. The van der Waals surface area contributed by atoms with Gasteiger partial charge in [0.05, 0.1) is 22.1 Å². The van der Waals surface area contributed by atoms with Crippen LogP contribution in [0.25, 0.3) is 22.1 Å². The number of imidazole rings is 2. The lowest BCUT2D eigenvalue weighted by molar-refractivity contribution is 0.0707. The van der Waals surface area contributed by atoms with E-state index in [0.29, 0.717) is 95.5 Å². The molecule has 0 fully saturated rings. The third-order valence-electron chi connectivity index (χ3n) is 7.49. The number of amides is 2. The zero-order valence-corrected chi connectivity index (χ0v) is 34.2. The predicted molar refractivity (Wildman–Crippen MR) is 208 cm³/mol. The first-order valence-corrected chi connectivity index (χ1v) is 23.4. The molecule has 20 heteroatoms. The molecule has 6 N–H and O–H groups in total. The minimum atomic E-state index is -2.99. The van der Waals surface area contributed by atoms with Crippen LogP contribution in [0.1, 0.15) is 41.5 Å². The monoisotopic (exact) mass is 794 g/mol. The lowest BCUT2D eigenvalue weighted by Gasteiger charge is -2.28. The van der Waals surface area contributed by atoms with Gasteiger partial charge in [-0.2, -0.15) is 0 Å². The summed E-state index contributed by atoms with van der Waals surface area (Å²) in [5.74, 6) is 0. The van der Waals surface area contributed by atoms with Crippen molar-refractivity contribution in [2.24, 2.45) is 0 Å². The quantitative estimate of drug-likeness (QED) is 0.0464. The average molecular weight is 795 g/mol. The van der Waals surface area contributed by atoms with E-state index in [9.17, 15) is 9.59 Å². The fraction of sp³-hybridized carbons (Fsp3) is 0.500. The van der Waals surface area contributed by atoms with E-state index in [-0.39, 0.29) is 13.1 Å². The topological polar surface area (TPSA) is 201 Å². The molecule has 286 valence electrons. The molecule has 0 atom stereocenters. The number of hydrogen-bond donors (Lipinski definition) is 4. The molecule has 0 aliphatic heterocycles. The highest BCUT2D eigenvalue weighted by Crippen LogP contribution is 2.39. The number of nitrogens with zero attached hydrogens (tertiary/aromatic N) is 4. The van der Waals surface area contributed by atoms with Crippen LogP contribution < -0.4 is 22.1 Å². The molecule has 0 aliphatic rings. The van der Waals surface area contributed by atoms with Crippen LogP contribution in [0.15, 0.2) is 46.7 Å². The maximum Gasteiger partial charge on any atom is 0.502 e. The van der Waals surface area contributed by atoms with Crippen LogP contribution in [0, 0.1) is 0 Å². The van der Waals surface area contributed by atoms with Crippen LogP contribution in [0.3, 0.4) is 0 Å². The van der Waals surface area contributed by atoms with Gasteiger partial charge >= 0.3 is 29.7 Å². The van der Waals surface area contributed by atoms with Gasteiger partial charge in [-0.3, -0.25) is 0 Å². The predicted octanol–water partition coefficient (Wildman–Crippen LogP) is 5.56. The molecular weight excluding hydrogens is 745 g/mol. The van der Waals surface area contributed by atoms with E-state index in [2.05, 4.69) is 10.6 Å². The van der Waals surface area contributed by atoms with Gasteiger partial charge < -0.3 is 48.7 Å². The van der Waals surface area contributed by atoms with Crippen LogP contribution in [-0.2, 0) is 26.6 Å². The van der Waals surface area contributed by atoms with Gasteiger partial charge in [0.25, 0.3) is 0 Å². The number of hydrogen-bond acceptors (Lipinski definition) is 14. The Balaban J connectivity index is 1.59. The van der Waals surface area contributed by atoms with E-state index in [1.54, 1.807) is 36.4 Å². The number of nitrogen functional groups attached to an aromatic ring is 2. The highest BCUT2D eigenvalue weighted by molar-refractivity contribution is 8.76. The summed E-state index contributed by atoms with van der Waals surface area (Å²) in [6.45, 7) is 14.4. The van der Waals surface area contributed by atoms with Crippen molar-refractivity contribution in [1.29, 1.82) is 0 Å². The smallest absolute Gasteiger partial charge is 0.399 e. The molecule has 0 bridgehead atoms. The summed E-state index contributed by atoms with van der Waals surface area (Å²) in [4.78, 5) is 37.1. The normalized spacial score (nSPS) is 12.2. The van der Waals surface area contributed by atoms with E-state index in [0.717, 1.165) is 0 Å². The zero-order chi connectivity index (χ0) is 37.7. The van der Waals surface area contributed by atoms with Crippen LogP contribution in [0.2, 0.25) is 12.1 Å². The number of anilines is 2. The highest BCUT2D eigenvalue weighted by Gasteiger charge is 2.41. The Morgan fingerprint density at radius 3 is 1.25 bits per heavy atom. The average Bonchev–Trinajstić information content (AvgIpc) is 3.65. The molecule has 0 aliphatic carbocycles. The van der Waals surface area contributed by atoms with Crippen molar-refractivity contribution < 1.29 is 36.1 Å². The van der Waals surface area contributed by atoms with Gasteiger partial charge in [-0.25, -0.2) is 28.7 Å². The van der Waals surface area contributed by atoms with E-state index >= 15 is 0 Å². The number of carbonyl (C=O) groups is 2. The van der Waals surface area contributed by atoms with Gasteiger partial charge in [0.1, 0.15) is 0 Å². The number of benzene rings is 2. The Morgan fingerprint density at radius 1 is 0.615 bits per heavy atom. The number of nitrogens with two attached hydrogens (primary N) is 2. The fourth-order valence-electron chi connectivity index (χ4n) is 5.53. The summed E-state index contributed by atoms with van der Waals surface area (Å²) in [6, 6.07) is 10.3. The summed E-state index contributed by atoms with van der Waals surface area (Å²) >= 11 is 0. The van der Waals surface area contributed by atoms with Crippen molar-refractivity contribution in [3.05, 3.63) is 36.4 Å². The summed E-state index contributed by atoms with van der Waals surface area (Å²) in [5.41, 5.74) is 15.3. The van der Waals surface area contributed by atoms with E-state index in [4.69, 9.17) is 48.0 Å². The first kappa shape index (κ1) is 41.6. The van der Waals surface area contributed by atoms with Crippen molar-refractivity contribution in [1.82, 2.24) is 29.7 Å². The Morgan fingerprint density at radius 2 is 0.942 bits per heavy atom. The lowest BCUT2D eigenvalue weighted by Crippen LogP contribution is -2.48. The maximum absolute atomic E-state index is 13.8. The first-order valence-electron chi connectivity index (χ1n) is 17.4. The molecule has 0 unspecified atom stereocenters. The van der Waals surface area contributed by atoms with Crippen molar-refractivity contribution in [2.45, 2.75) is 63.9 Å². The van der Waals surface area contributed by atoms with Gasteiger partial charge in [-0.1, -0.05) is 0 Å². The van der Waals surface area contributed by atoms with Crippen molar-refractivity contribution in [3.63, 3.8) is 0 Å². The summed E-state index contributed by atoms with van der Waals surface area (Å²) < 4.78 is 38.6. The summed E-state index contributed by atoms with van der Waals surface area (Å²) in [7, 11) is -3.64. The number of carbonyl (C=O) groups excluding carboxylic acids is 2. The number of rotatable bonds is 21. The third kappa shape index (κ3) is 10.3. The molecular formula is C32H50N8O8S2Si2. The molecule has 0 spiro atoms. The Kier molecular flexibility index (Phi) is 15.8. The van der Waals surface area contributed by atoms with Crippen molar-refractivity contribution >= 4 is 84.7 Å². The van der Waals surface area contributed by atoms with Crippen LogP contribution >= 0.6 is 21.6 Å². The second-order valence-corrected chi connectivity index (χ2v) is 18.6. The van der Waals surface area contributed by atoms with Crippen LogP contribution in [0.5, 0.6) is 0 Å². The molecule has 0 saturated heterocycles. The van der Waals surface area contributed by atoms with Crippen molar-refractivity contribution in [3.8, 4) is 0 Å². The molecule has 2 heterocycles. The Labute approximate surface area is 314 Å². The maximum atomic E-state index is 13.8. The van der Waals surface area contributed by atoms with Gasteiger partial charge in [-0.05, 0) is 99.5 Å². The molecule has 16 nitrogen and oxygen atoms in total. The van der Waals surface area contributed by atoms with Gasteiger partial charge in [-0.15, -0.1) is 0 Å². The second-order valence-electron chi connectivity index (χ2n) is 11.1. The first-order chi connectivity index (χ1) is 25.1.